The molecule has 2 heterocycles. The molecule has 1 amide bonds. The van der Waals surface area contributed by atoms with Crippen LogP contribution in [0.1, 0.15) is 84.0 Å². The Morgan fingerprint density at radius 1 is 1.25 bits per heavy atom. The van der Waals surface area contributed by atoms with Crippen molar-refractivity contribution in [2.24, 2.45) is 13.0 Å². The van der Waals surface area contributed by atoms with Gasteiger partial charge in [-0.05, 0) is 80.2 Å². The SMILES string of the molecule is C[n+]1cnn(-c2c(C3CC(CC#N)C3)cccc2N2Cc3c(cc(CNC4(C)CCC4)cc3C(F)(F)F)C2=O)c1. The van der Waals surface area contributed by atoms with Gasteiger partial charge < -0.3 is 10.2 Å². The predicted molar refractivity (Wildman–Crippen MR) is 141 cm³/mol. The molecule has 10 heteroatoms. The van der Waals surface area contributed by atoms with Crippen molar-refractivity contribution in [1.82, 2.24) is 15.1 Å². The van der Waals surface area contributed by atoms with Crippen LogP contribution in [0.15, 0.2) is 43.0 Å². The summed E-state index contributed by atoms with van der Waals surface area (Å²) in [5, 5.41) is 17.0. The van der Waals surface area contributed by atoms with Crippen molar-refractivity contribution in [2.75, 3.05) is 4.90 Å². The average Bonchev–Trinajstić information content (AvgIpc) is 3.45. The number of aryl methyl sites for hydroxylation is 1. The second-order valence-electron chi connectivity index (χ2n) is 11.8. The number of carbonyl (C=O) groups excluding carboxylic acids is 1. The molecule has 2 saturated carbocycles. The third-order valence-electron chi connectivity index (χ3n) is 8.85. The summed E-state index contributed by atoms with van der Waals surface area (Å²) in [7, 11) is 1.84. The van der Waals surface area contributed by atoms with Gasteiger partial charge in [0.25, 0.3) is 12.2 Å². The first-order chi connectivity index (χ1) is 19.1. The van der Waals surface area contributed by atoms with Gasteiger partial charge in [0.15, 0.2) is 5.69 Å². The zero-order valence-electron chi connectivity index (χ0n) is 22.6. The van der Waals surface area contributed by atoms with E-state index in [4.69, 9.17) is 5.26 Å². The molecule has 0 unspecified atom stereocenters. The molecule has 40 heavy (non-hydrogen) atoms. The quantitative estimate of drug-likeness (QED) is 0.405. The zero-order valence-corrected chi connectivity index (χ0v) is 22.6. The number of rotatable bonds is 7. The van der Waals surface area contributed by atoms with E-state index < -0.39 is 17.6 Å². The Labute approximate surface area is 231 Å². The maximum Gasteiger partial charge on any atom is 0.416 e. The second-order valence-corrected chi connectivity index (χ2v) is 11.8. The van der Waals surface area contributed by atoms with Crippen LogP contribution in [0.25, 0.3) is 5.69 Å². The van der Waals surface area contributed by atoms with Crippen molar-refractivity contribution in [3.63, 3.8) is 0 Å². The number of anilines is 1. The van der Waals surface area contributed by atoms with Crippen LogP contribution in [0.4, 0.5) is 18.9 Å². The molecule has 0 bridgehead atoms. The van der Waals surface area contributed by atoms with Gasteiger partial charge in [0.1, 0.15) is 0 Å². The summed E-state index contributed by atoms with van der Waals surface area (Å²) < 4.78 is 46.4. The summed E-state index contributed by atoms with van der Waals surface area (Å²) >= 11 is 0. The minimum atomic E-state index is -4.58. The highest BCUT2D eigenvalue weighted by atomic mass is 19.4. The van der Waals surface area contributed by atoms with Crippen molar-refractivity contribution in [1.29, 1.82) is 5.26 Å². The lowest BCUT2D eigenvalue weighted by Gasteiger charge is -2.39. The highest BCUT2D eigenvalue weighted by Crippen LogP contribution is 2.48. The van der Waals surface area contributed by atoms with E-state index in [1.165, 1.54) is 11.0 Å². The first-order valence-corrected chi connectivity index (χ1v) is 13.8. The van der Waals surface area contributed by atoms with Crippen LogP contribution in [-0.2, 0) is 26.3 Å². The van der Waals surface area contributed by atoms with Crippen molar-refractivity contribution < 1.29 is 22.5 Å². The summed E-state index contributed by atoms with van der Waals surface area (Å²) in [6.07, 6.45) is 4.11. The van der Waals surface area contributed by atoms with E-state index in [-0.39, 0.29) is 35.7 Å². The molecule has 0 radical (unpaired) electrons. The number of hydrogen-bond donors (Lipinski definition) is 1. The second kappa shape index (κ2) is 9.73. The minimum Gasteiger partial charge on any atom is -0.307 e. The Kier molecular flexibility index (Phi) is 6.45. The molecular weight excluding hydrogens is 517 g/mol. The van der Waals surface area contributed by atoms with Gasteiger partial charge in [0, 0.05) is 34.7 Å². The molecule has 2 aliphatic carbocycles. The number of alkyl halides is 3. The zero-order chi connectivity index (χ0) is 28.2. The van der Waals surface area contributed by atoms with Crippen molar-refractivity contribution in [2.45, 2.75) is 76.2 Å². The number of fused-ring (bicyclic) bond motifs is 1. The number of nitrogens with one attached hydrogen (secondary N) is 1. The number of nitrogens with zero attached hydrogens (tertiary/aromatic N) is 5. The molecule has 0 spiro atoms. The van der Waals surface area contributed by atoms with Gasteiger partial charge in [0.2, 0.25) is 6.33 Å². The van der Waals surface area contributed by atoms with Crippen LogP contribution in [0, 0.1) is 17.2 Å². The number of hydrogen-bond acceptors (Lipinski definition) is 4. The summed E-state index contributed by atoms with van der Waals surface area (Å²) in [5.41, 5.74) is 1.95. The van der Waals surface area contributed by atoms with Gasteiger partial charge in [-0.25, -0.2) is 4.57 Å². The molecule has 1 aliphatic heterocycles. The van der Waals surface area contributed by atoms with Crippen LogP contribution in [0.2, 0.25) is 0 Å². The highest BCUT2D eigenvalue weighted by Gasteiger charge is 2.43. The van der Waals surface area contributed by atoms with E-state index in [1.807, 2.05) is 19.2 Å². The van der Waals surface area contributed by atoms with Crippen LogP contribution < -0.4 is 14.8 Å². The third kappa shape index (κ3) is 4.66. The first-order valence-electron chi connectivity index (χ1n) is 13.8. The Bertz CT molecular complexity index is 1510. The lowest BCUT2D eigenvalue weighted by atomic mass is 9.70. The molecule has 1 aromatic heterocycles. The summed E-state index contributed by atoms with van der Waals surface area (Å²) in [6.45, 7) is 2.19. The Morgan fingerprint density at radius 2 is 2.02 bits per heavy atom. The van der Waals surface area contributed by atoms with Crippen LogP contribution in [-0.4, -0.2) is 21.2 Å². The maximum absolute atomic E-state index is 14.3. The van der Waals surface area contributed by atoms with Crippen LogP contribution in [0.3, 0.4) is 0 Å². The lowest BCUT2D eigenvalue weighted by Crippen LogP contribution is -2.47. The highest BCUT2D eigenvalue weighted by molar-refractivity contribution is 6.11. The van der Waals surface area contributed by atoms with Crippen LogP contribution >= 0.6 is 0 Å². The molecule has 2 aromatic carbocycles. The van der Waals surface area contributed by atoms with Gasteiger partial charge in [0.05, 0.1) is 30.9 Å². The third-order valence-corrected chi connectivity index (χ3v) is 8.85. The van der Waals surface area contributed by atoms with E-state index in [1.54, 1.807) is 34.0 Å². The summed E-state index contributed by atoms with van der Waals surface area (Å²) in [6, 6.07) is 10.7. The van der Waals surface area contributed by atoms with Crippen molar-refractivity contribution in [3.05, 3.63) is 70.8 Å². The number of para-hydroxylation sites is 1. The molecule has 7 nitrogen and oxygen atoms in total. The minimum absolute atomic E-state index is 0.0104. The normalized spacial score (nSPS) is 21.5. The van der Waals surface area contributed by atoms with Gasteiger partial charge >= 0.3 is 6.18 Å². The Hall–Kier alpha value is -3.71. The molecule has 208 valence electrons. The molecule has 1 N–H and O–H groups in total. The number of halogens is 3. The van der Waals surface area contributed by atoms with Gasteiger partial charge in [-0.3, -0.25) is 4.79 Å². The van der Waals surface area contributed by atoms with Crippen LogP contribution in [0.5, 0.6) is 0 Å². The fourth-order valence-electron chi connectivity index (χ4n) is 6.33. The van der Waals surface area contributed by atoms with E-state index in [0.717, 1.165) is 37.7 Å². The standard InChI is InChI=1S/C30H32F3N6O/c1-29(8-4-9-29)35-15-20-13-23-24(25(14-20)30(31,32)33)16-38(28(23)40)26-6-3-5-22(21-11-19(12-21)7-10-34)27(26)39-18-37(2)17-36-39/h3,5-6,13-14,17-19,21,35H,4,7-9,11-12,15-16H2,1-2H3/q+1. The van der Waals surface area contributed by atoms with E-state index >= 15 is 0 Å². The van der Waals surface area contributed by atoms with E-state index in [0.29, 0.717) is 29.3 Å². The van der Waals surface area contributed by atoms with Gasteiger partial charge in [-0.15, -0.1) is 0 Å². The number of carbonyl (C=O) groups is 1. The Morgan fingerprint density at radius 3 is 2.65 bits per heavy atom. The number of benzene rings is 2. The van der Waals surface area contributed by atoms with Gasteiger partial charge in [-0.1, -0.05) is 16.8 Å². The molecule has 3 aromatic rings. The molecule has 2 fully saturated rings. The van der Waals surface area contributed by atoms with E-state index in [9.17, 15) is 18.0 Å². The molecule has 6 rings (SSSR count). The number of amides is 1. The summed E-state index contributed by atoms with van der Waals surface area (Å²) in [5.74, 6) is 0.0590. The monoisotopic (exact) mass is 549 g/mol. The molecular formula is C30H32F3N6O+. The summed E-state index contributed by atoms with van der Waals surface area (Å²) in [4.78, 5) is 15.3. The number of nitriles is 1. The largest absolute Gasteiger partial charge is 0.416 e. The smallest absolute Gasteiger partial charge is 0.307 e. The fraction of sp³-hybridized carbons (Fsp3) is 0.467. The number of aromatic nitrogens is 3. The van der Waals surface area contributed by atoms with Gasteiger partial charge in [-0.2, -0.15) is 18.4 Å². The Balaban J connectivity index is 1.39. The first kappa shape index (κ1) is 26.5. The van der Waals surface area contributed by atoms with E-state index in [2.05, 4.69) is 23.4 Å². The molecule has 0 saturated heterocycles. The lowest BCUT2D eigenvalue weighted by molar-refractivity contribution is -0.672. The topological polar surface area (TPSA) is 77.8 Å². The van der Waals surface area contributed by atoms with Crippen molar-refractivity contribution >= 4 is 11.6 Å². The fourth-order valence-corrected chi connectivity index (χ4v) is 6.33. The van der Waals surface area contributed by atoms with Crippen molar-refractivity contribution in [3.8, 4) is 11.8 Å². The molecule has 0 atom stereocenters. The maximum atomic E-state index is 14.3. The predicted octanol–water partition coefficient (Wildman–Crippen LogP) is 5.32. The average molecular weight is 550 g/mol. The molecule has 3 aliphatic rings.